The number of hydrogen-bond acceptors (Lipinski definition) is 4. The van der Waals surface area contributed by atoms with Gasteiger partial charge in [-0.25, -0.2) is 8.42 Å². The fourth-order valence-electron chi connectivity index (χ4n) is 1.48. The van der Waals surface area contributed by atoms with Gasteiger partial charge < -0.3 is 4.74 Å². The van der Waals surface area contributed by atoms with Crippen molar-refractivity contribution >= 4 is 15.8 Å². The monoisotopic (exact) mass is 284 g/mol. The van der Waals surface area contributed by atoms with Crippen LogP contribution >= 0.6 is 0 Å². The first kappa shape index (κ1) is 15.7. The third-order valence-electron chi connectivity index (χ3n) is 2.83. The maximum Gasteiger partial charge on any atom is 0.310 e. The summed E-state index contributed by atoms with van der Waals surface area (Å²) in [5.41, 5.74) is 0.884. The van der Waals surface area contributed by atoms with Crippen LogP contribution in [0.5, 0.6) is 0 Å². The third kappa shape index (κ3) is 5.03. The second-order valence-corrected chi connectivity index (χ2v) is 7.47. The Morgan fingerprint density at radius 2 is 1.74 bits per heavy atom. The Morgan fingerprint density at radius 1 is 1.16 bits per heavy atom. The molecule has 0 aliphatic carbocycles. The summed E-state index contributed by atoms with van der Waals surface area (Å²) < 4.78 is 28.5. The average Bonchev–Trinajstić information content (AvgIpc) is 2.36. The second-order valence-electron chi connectivity index (χ2n) is 4.87. The van der Waals surface area contributed by atoms with Crippen LogP contribution in [0, 0.1) is 5.92 Å². The zero-order valence-electron chi connectivity index (χ0n) is 11.5. The lowest BCUT2D eigenvalue weighted by atomic mass is 10.2. The Kier molecular flexibility index (Phi) is 5.54. The quantitative estimate of drug-likeness (QED) is 0.751. The highest BCUT2D eigenvalue weighted by molar-refractivity contribution is 7.92. The van der Waals surface area contributed by atoms with Crippen molar-refractivity contribution < 1.29 is 17.9 Å². The van der Waals surface area contributed by atoms with E-state index in [0.717, 1.165) is 5.56 Å². The fraction of sp³-hybridized carbons (Fsp3) is 0.500. The minimum Gasteiger partial charge on any atom is -0.461 e. The summed E-state index contributed by atoms with van der Waals surface area (Å²) in [6, 6.07) is 9.29. The number of hydrogen-bond donors (Lipinski definition) is 0. The number of carbonyl (C=O) groups excluding carboxylic acids is 1. The van der Waals surface area contributed by atoms with Gasteiger partial charge in [0.25, 0.3) is 0 Å². The van der Waals surface area contributed by atoms with Crippen molar-refractivity contribution in [3.05, 3.63) is 35.9 Å². The van der Waals surface area contributed by atoms with E-state index < -0.39 is 27.0 Å². The van der Waals surface area contributed by atoms with Crippen molar-refractivity contribution in [3.63, 3.8) is 0 Å². The summed E-state index contributed by atoms with van der Waals surface area (Å²) in [6.07, 6.45) is 0. The van der Waals surface area contributed by atoms with E-state index in [1.54, 1.807) is 20.8 Å². The van der Waals surface area contributed by atoms with E-state index in [1.807, 2.05) is 30.3 Å². The van der Waals surface area contributed by atoms with Crippen LogP contribution in [0.4, 0.5) is 0 Å². The van der Waals surface area contributed by atoms with Gasteiger partial charge in [0.05, 0.1) is 16.9 Å². The Balaban J connectivity index is 2.50. The Labute approximate surface area is 114 Å². The summed E-state index contributed by atoms with van der Waals surface area (Å²) in [5, 5.41) is -0.475. The predicted octanol–water partition coefficient (Wildman–Crippen LogP) is 2.19. The standard InChI is InChI=1S/C14H20O4S/c1-11(2)19(16,17)10-12(3)14(15)18-9-13-7-5-4-6-8-13/h4-8,11-12H,9-10H2,1-3H3. The molecule has 0 saturated carbocycles. The van der Waals surface area contributed by atoms with E-state index in [4.69, 9.17) is 4.74 Å². The van der Waals surface area contributed by atoms with Gasteiger partial charge in [0.15, 0.2) is 9.84 Å². The van der Waals surface area contributed by atoms with Crippen LogP contribution in [0.1, 0.15) is 26.3 Å². The molecule has 1 rings (SSSR count). The molecule has 0 N–H and O–H groups in total. The van der Waals surface area contributed by atoms with Gasteiger partial charge in [-0.05, 0) is 19.4 Å². The van der Waals surface area contributed by atoms with Gasteiger partial charge in [0, 0.05) is 0 Å². The molecule has 106 valence electrons. The average molecular weight is 284 g/mol. The Hall–Kier alpha value is -1.36. The van der Waals surface area contributed by atoms with E-state index in [0.29, 0.717) is 0 Å². The fourth-order valence-corrected chi connectivity index (χ4v) is 2.70. The van der Waals surface area contributed by atoms with Gasteiger partial charge in [-0.3, -0.25) is 4.79 Å². The van der Waals surface area contributed by atoms with Crippen LogP contribution in [-0.2, 0) is 26.0 Å². The maximum absolute atomic E-state index is 11.7. The molecule has 0 heterocycles. The molecular weight excluding hydrogens is 264 g/mol. The number of esters is 1. The molecule has 4 nitrogen and oxygen atoms in total. The molecule has 0 saturated heterocycles. The van der Waals surface area contributed by atoms with Crippen molar-refractivity contribution in [3.8, 4) is 0 Å². The minimum atomic E-state index is -3.23. The van der Waals surface area contributed by atoms with Crippen LogP contribution < -0.4 is 0 Å². The zero-order chi connectivity index (χ0) is 14.5. The molecule has 1 atom stereocenters. The van der Waals surface area contributed by atoms with Crippen LogP contribution in [0.15, 0.2) is 30.3 Å². The van der Waals surface area contributed by atoms with Gasteiger partial charge >= 0.3 is 5.97 Å². The minimum absolute atomic E-state index is 0.168. The molecule has 5 heteroatoms. The smallest absolute Gasteiger partial charge is 0.310 e. The Morgan fingerprint density at radius 3 is 2.26 bits per heavy atom. The van der Waals surface area contributed by atoms with Gasteiger partial charge in [0.2, 0.25) is 0 Å². The first-order chi connectivity index (χ1) is 8.83. The lowest BCUT2D eigenvalue weighted by molar-refractivity contribution is -0.148. The zero-order valence-corrected chi connectivity index (χ0v) is 12.3. The van der Waals surface area contributed by atoms with Crippen molar-refractivity contribution in [1.82, 2.24) is 0 Å². The first-order valence-corrected chi connectivity index (χ1v) is 7.96. The predicted molar refractivity (Wildman–Crippen MR) is 74.3 cm³/mol. The van der Waals surface area contributed by atoms with Gasteiger partial charge in [-0.2, -0.15) is 0 Å². The maximum atomic E-state index is 11.7. The highest BCUT2D eigenvalue weighted by Gasteiger charge is 2.25. The second kappa shape index (κ2) is 6.70. The summed E-state index contributed by atoms with van der Waals surface area (Å²) in [6.45, 7) is 4.97. The van der Waals surface area contributed by atoms with E-state index in [-0.39, 0.29) is 12.4 Å². The molecule has 1 aromatic rings. The van der Waals surface area contributed by atoms with Gasteiger partial charge in [-0.15, -0.1) is 0 Å². The van der Waals surface area contributed by atoms with Gasteiger partial charge in [-0.1, -0.05) is 37.3 Å². The van der Waals surface area contributed by atoms with E-state index >= 15 is 0 Å². The number of rotatable bonds is 6. The van der Waals surface area contributed by atoms with Crippen molar-refractivity contribution in [1.29, 1.82) is 0 Å². The molecule has 0 amide bonds. The number of carbonyl (C=O) groups is 1. The van der Waals surface area contributed by atoms with Crippen molar-refractivity contribution in [2.24, 2.45) is 5.92 Å². The van der Waals surface area contributed by atoms with Crippen molar-refractivity contribution in [2.45, 2.75) is 32.6 Å². The molecule has 19 heavy (non-hydrogen) atoms. The van der Waals surface area contributed by atoms with Crippen LogP contribution in [0.25, 0.3) is 0 Å². The lowest BCUT2D eigenvalue weighted by Gasteiger charge is -2.13. The third-order valence-corrected chi connectivity index (χ3v) is 5.23. The molecule has 0 aliphatic rings. The summed E-state index contributed by atoms with van der Waals surface area (Å²) in [7, 11) is -3.23. The molecule has 1 aromatic carbocycles. The number of benzene rings is 1. The molecule has 0 bridgehead atoms. The summed E-state index contributed by atoms with van der Waals surface area (Å²) in [5.74, 6) is -1.29. The molecular formula is C14H20O4S. The highest BCUT2D eigenvalue weighted by atomic mass is 32.2. The van der Waals surface area contributed by atoms with E-state index in [1.165, 1.54) is 0 Å². The molecule has 0 fully saturated rings. The van der Waals surface area contributed by atoms with Crippen LogP contribution in [-0.4, -0.2) is 25.4 Å². The largest absolute Gasteiger partial charge is 0.461 e. The van der Waals surface area contributed by atoms with E-state index in [9.17, 15) is 13.2 Å². The highest BCUT2D eigenvalue weighted by Crippen LogP contribution is 2.10. The molecule has 0 radical (unpaired) electrons. The molecule has 0 aliphatic heterocycles. The van der Waals surface area contributed by atoms with Gasteiger partial charge in [0.1, 0.15) is 6.61 Å². The molecule has 0 spiro atoms. The van der Waals surface area contributed by atoms with Crippen molar-refractivity contribution in [2.75, 3.05) is 5.75 Å². The Bertz CT molecular complexity index is 506. The topological polar surface area (TPSA) is 60.4 Å². The molecule has 1 unspecified atom stereocenters. The first-order valence-electron chi connectivity index (χ1n) is 6.25. The molecule has 0 aromatic heterocycles. The van der Waals surface area contributed by atoms with E-state index in [2.05, 4.69) is 0 Å². The SMILES string of the molecule is CC(CS(=O)(=O)C(C)C)C(=O)OCc1ccccc1. The normalized spacial score (nSPS) is 13.3. The summed E-state index contributed by atoms with van der Waals surface area (Å²) in [4.78, 5) is 11.7. The lowest BCUT2D eigenvalue weighted by Crippen LogP contribution is -2.27. The summed E-state index contributed by atoms with van der Waals surface area (Å²) >= 11 is 0. The van der Waals surface area contributed by atoms with Crippen LogP contribution in [0.3, 0.4) is 0 Å². The van der Waals surface area contributed by atoms with Crippen LogP contribution in [0.2, 0.25) is 0 Å². The number of sulfone groups is 1. The number of ether oxygens (including phenoxy) is 1.